The molecule has 18 heavy (non-hydrogen) atoms. The number of hydrogen-bond acceptors (Lipinski definition) is 2. The van der Waals surface area contributed by atoms with Gasteiger partial charge in [-0.05, 0) is 24.1 Å². The van der Waals surface area contributed by atoms with Crippen molar-refractivity contribution in [1.29, 1.82) is 0 Å². The van der Waals surface area contributed by atoms with Crippen molar-refractivity contribution in [1.82, 2.24) is 0 Å². The molecule has 2 aromatic rings. The number of nitrogens with two attached hydrogens (primary N) is 1. The van der Waals surface area contributed by atoms with E-state index in [0.29, 0.717) is 12.3 Å². The van der Waals surface area contributed by atoms with E-state index in [1.165, 1.54) is 0 Å². The Morgan fingerprint density at radius 1 is 1.06 bits per heavy atom. The van der Waals surface area contributed by atoms with Crippen LogP contribution in [-0.4, -0.2) is 0 Å². The van der Waals surface area contributed by atoms with Gasteiger partial charge in [0.25, 0.3) is 0 Å². The Hall–Kier alpha value is -1.94. The zero-order valence-electron chi connectivity index (χ0n) is 9.91. The van der Waals surface area contributed by atoms with Crippen LogP contribution < -0.4 is 10.5 Å². The average molecular weight is 249 g/mol. The van der Waals surface area contributed by atoms with Gasteiger partial charge < -0.3 is 10.5 Å². The lowest BCUT2D eigenvalue weighted by Gasteiger charge is -2.10. The molecule has 0 aliphatic carbocycles. The van der Waals surface area contributed by atoms with Gasteiger partial charge in [-0.1, -0.05) is 12.1 Å². The highest BCUT2D eigenvalue weighted by atomic mass is 19.1. The van der Waals surface area contributed by atoms with Crippen LogP contribution in [0.15, 0.2) is 36.4 Å². The van der Waals surface area contributed by atoms with Crippen LogP contribution in [-0.2, 0) is 6.54 Å². The SMILES string of the molecule is Cc1cc(CN)ccc1Oc1cc(F)cc(F)c1. The Morgan fingerprint density at radius 2 is 1.72 bits per heavy atom. The number of ether oxygens (including phenoxy) is 1. The van der Waals surface area contributed by atoms with E-state index in [1.54, 1.807) is 6.07 Å². The fourth-order valence-electron chi connectivity index (χ4n) is 1.67. The summed E-state index contributed by atoms with van der Waals surface area (Å²) < 4.78 is 31.5. The van der Waals surface area contributed by atoms with Gasteiger partial charge in [-0.25, -0.2) is 8.78 Å². The monoisotopic (exact) mass is 249 g/mol. The summed E-state index contributed by atoms with van der Waals surface area (Å²) in [7, 11) is 0. The highest BCUT2D eigenvalue weighted by Gasteiger charge is 2.05. The number of hydrogen-bond donors (Lipinski definition) is 1. The van der Waals surface area contributed by atoms with E-state index in [1.807, 2.05) is 19.1 Å². The van der Waals surface area contributed by atoms with Gasteiger partial charge in [-0.3, -0.25) is 0 Å². The van der Waals surface area contributed by atoms with Gasteiger partial charge in [0.15, 0.2) is 0 Å². The molecule has 0 saturated heterocycles. The summed E-state index contributed by atoms with van der Waals surface area (Å²) in [4.78, 5) is 0. The molecule has 2 nitrogen and oxygen atoms in total. The normalized spacial score (nSPS) is 10.4. The average Bonchev–Trinajstić information content (AvgIpc) is 2.30. The Balaban J connectivity index is 2.28. The maximum Gasteiger partial charge on any atom is 0.133 e. The second kappa shape index (κ2) is 5.14. The van der Waals surface area contributed by atoms with Crippen molar-refractivity contribution in [3.8, 4) is 11.5 Å². The summed E-state index contributed by atoms with van der Waals surface area (Å²) in [6.45, 7) is 2.29. The molecular formula is C14H13F2NO. The first-order valence-electron chi connectivity index (χ1n) is 5.52. The fourth-order valence-corrected chi connectivity index (χ4v) is 1.67. The Morgan fingerprint density at radius 3 is 2.28 bits per heavy atom. The molecule has 0 saturated carbocycles. The lowest BCUT2D eigenvalue weighted by atomic mass is 10.1. The minimum absolute atomic E-state index is 0.135. The topological polar surface area (TPSA) is 35.2 Å². The standard InChI is InChI=1S/C14H13F2NO/c1-9-4-10(8-17)2-3-14(9)18-13-6-11(15)5-12(16)7-13/h2-7H,8,17H2,1H3. The van der Waals surface area contributed by atoms with Crippen molar-refractivity contribution in [2.45, 2.75) is 13.5 Å². The Bertz CT molecular complexity index is 549. The molecule has 0 radical (unpaired) electrons. The molecular weight excluding hydrogens is 236 g/mol. The molecule has 0 aliphatic rings. The zero-order valence-corrected chi connectivity index (χ0v) is 9.91. The van der Waals surface area contributed by atoms with Crippen LogP contribution in [0.5, 0.6) is 11.5 Å². The smallest absolute Gasteiger partial charge is 0.133 e. The van der Waals surface area contributed by atoms with Crippen LogP contribution >= 0.6 is 0 Å². The maximum atomic E-state index is 13.0. The van der Waals surface area contributed by atoms with Crippen molar-refractivity contribution in [3.63, 3.8) is 0 Å². The number of aryl methyl sites for hydroxylation is 1. The minimum atomic E-state index is -0.666. The van der Waals surface area contributed by atoms with Gasteiger partial charge in [-0.2, -0.15) is 0 Å². The summed E-state index contributed by atoms with van der Waals surface area (Å²) in [5, 5.41) is 0. The number of halogens is 2. The lowest BCUT2D eigenvalue weighted by molar-refractivity contribution is 0.465. The first-order valence-corrected chi connectivity index (χ1v) is 5.52. The highest BCUT2D eigenvalue weighted by molar-refractivity contribution is 5.39. The molecule has 0 bridgehead atoms. The zero-order chi connectivity index (χ0) is 13.1. The van der Waals surface area contributed by atoms with Crippen LogP contribution in [0.1, 0.15) is 11.1 Å². The molecule has 2 N–H and O–H groups in total. The van der Waals surface area contributed by atoms with Gasteiger partial charge in [0, 0.05) is 24.7 Å². The van der Waals surface area contributed by atoms with Crippen LogP contribution in [0.3, 0.4) is 0 Å². The largest absolute Gasteiger partial charge is 0.457 e. The Kier molecular flexibility index (Phi) is 3.58. The predicted octanol–water partition coefficient (Wildman–Crippen LogP) is 3.52. The van der Waals surface area contributed by atoms with Gasteiger partial charge in [0.2, 0.25) is 0 Å². The third kappa shape index (κ3) is 2.84. The molecule has 2 aromatic carbocycles. The van der Waals surface area contributed by atoms with Gasteiger partial charge >= 0.3 is 0 Å². The summed E-state index contributed by atoms with van der Waals surface area (Å²) in [5.41, 5.74) is 7.36. The van der Waals surface area contributed by atoms with E-state index in [9.17, 15) is 8.78 Å². The second-order valence-corrected chi connectivity index (χ2v) is 4.01. The molecule has 0 heterocycles. The minimum Gasteiger partial charge on any atom is -0.457 e. The van der Waals surface area contributed by atoms with E-state index in [-0.39, 0.29) is 5.75 Å². The van der Waals surface area contributed by atoms with Crippen LogP contribution in [0.25, 0.3) is 0 Å². The summed E-state index contributed by atoms with van der Waals surface area (Å²) in [6, 6.07) is 8.51. The van der Waals surface area contributed by atoms with Crippen LogP contribution in [0, 0.1) is 18.6 Å². The van der Waals surface area contributed by atoms with E-state index in [4.69, 9.17) is 10.5 Å². The Labute approximate surface area is 104 Å². The molecule has 0 unspecified atom stereocenters. The molecule has 0 spiro atoms. The van der Waals surface area contributed by atoms with Gasteiger partial charge in [0.05, 0.1) is 0 Å². The summed E-state index contributed by atoms with van der Waals surface area (Å²) >= 11 is 0. The van der Waals surface area contributed by atoms with Crippen molar-refractivity contribution in [3.05, 3.63) is 59.2 Å². The first kappa shape index (κ1) is 12.5. The van der Waals surface area contributed by atoms with Crippen LogP contribution in [0.4, 0.5) is 8.78 Å². The number of rotatable bonds is 3. The maximum absolute atomic E-state index is 13.0. The van der Waals surface area contributed by atoms with E-state index >= 15 is 0 Å². The molecule has 94 valence electrons. The fraction of sp³-hybridized carbons (Fsp3) is 0.143. The molecule has 0 aromatic heterocycles. The molecule has 4 heteroatoms. The third-order valence-electron chi connectivity index (χ3n) is 2.54. The lowest BCUT2D eigenvalue weighted by Crippen LogP contribution is -1.97. The van der Waals surface area contributed by atoms with Crippen molar-refractivity contribution >= 4 is 0 Å². The van der Waals surface area contributed by atoms with E-state index in [0.717, 1.165) is 29.3 Å². The number of benzene rings is 2. The van der Waals surface area contributed by atoms with Crippen molar-refractivity contribution in [2.75, 3.05) is 0 Å². The highest BCUT2D eigenvalue weighted by Crippen LogP contribution is 2.26. The van der Waals surface area contributed by atoms with Crippen LogP contribution in [0.2, 0.25) is 0 Å². The van der Waals surface area contributed by atoms with Crippen molar-refractivity contribution in [2.24, 2.45) is 5.73 Å². The molecule has 0 aliphatic heterocycles. The first-order chi connectivity index (χ1) is 8.58. The molecule has 0 atom stereocenters. The molecule has 2 rings (SSSR count). The van der Waals surface area contributed by atoms with Gasteiger partial charge in [0.1, 0.15) is 23.1 Å². The van der Waals surface area contributed by atoms with E-state index < -0.39 is 11.6 Å². The van der Waals surface area contributed by atoms with Gasteiger partial charge in [-0.15, -0.1) is 0 Å². The molecule has 0 fully saturated rings. The van der Waals surface area contributed by atoms with E-state index in [2.05, 4.69) is 0 Å². The third-order valence-corrected chi connectivity index (χ3v) is 2.54. The summed E-state index contributed by atoms with van der Waals surface area (Å²) in [5.74, 6) is -0.643. The molecule has 0 amide bonds. The predicted molar refractivity (Wildman–Crippen MR) is 65.5 cm³/mol. The van der Waals surface area contributed by atoms with Crippen molar-refractivity contribution < 1.29 is 13.5 Å². The quantitative estimate of drug-likeness (QED) is 0.903. The second-order valence-electron chi connectivity index (χ2n) is 4.01. The summed E-state index contributed by atoms with van der Waals surface area (Å²) in [6.07, 6.45) is 0.